The van der Waals surface area contributed by atoms with Gasteiger partial charge in [0.2, 0.25) is 0 Å². The minimum absolute atomic E-state index is 0.698. The highest BCUT2D eigenvalue weighted by Gasteiger charge is 2.21. The number of rotatable bonds is 5. The van der Waals surface area contributed by atoms with E-state index in [9.17, 15) is 0 Å². The lowest BCUT2D eigenvalue weighted by Gasteiger charge is -2.16. The lowest BCUT2D eigenvalue weighted by Crippen LogP contribution is -2.02. The summed E-state index contributed by atoms with van der Waals surface area (Å²) in [5.41, 5.74) is 15.0. The summed E-state index contributed by atoms with van der Waals surface area (Å²) < 4.78 is 4.67. The number of benzene rings is 9. The monoisotopic (exact) mass is 789 g/mol. The molecular formula is C57H35N5. The molecule has 13 aromatic rings. The van der Waals surface area contributed by atoms with Crippen LogP contribution < -0.4 is 0 Å². The van der Waals surface area contributed by atoms with Gasteiger partial charge in [-0.2, -0.15) is 0 Å². The fourth-order valence-corrected chi connectivity index (χ4v) is 9.75. The highest BCUT2D eigenvalue weighted by Crippen LogP contribution is 2.42. The lowest BCUT2D eigenvalue weighted by molar-refractivity contribution is 1.09. The van der Waals surface area contributed by atoms with Crippen molar-refractivity contribution in [1.82, 2.24) is 23.9 Å². The quantitative estimate of drug-likeness (QED) is 0.163. The van der Waals surface area contributed by atoms with Crippen molar-refractivity contribution >= 4 is 70.9 Å². The van der Waals surface area contributed by atoms with Crippen LogP contribution in [0.15, 0.2) is 212 Å². The second kappa shape index (κ2) is 13.6. The molecule has 0 amide bonds. The Hall–Kier alpha value is -8.41. The van der Waals surface area contributed by atoms with E-state index in [0.29, 0.717) is 5.82 Å². The summed E-state index contributed by atoms with van der Waals surface area (Å²) in [6, 6.07) is 73.6. The first kappa shape index (κ1) is 34.5. The van der Waals surface area contributed by atoms with Crippen LogP contribution in [0.3, 0.4) is 0 Å². The minimum Gasteiger partial charge on any atom is -0.306 e. The number of pyridine rings is 1. The molecule has 0 bridgehead atoms. The fourth-order valence-electron chi connectivity index (χ4n) is 9.75. The van der Waals surface area contributed by atoms with Crippen LogP contribution in [0.25, 0.3) is 122 Å². The van der Waals surface area contributed by atoms with Crippen LogP contribution >= 0.6 is 0 Å². The molecule has 0 unspecified atom stereocenters. The van der Waals surface area contributed by atoms with E-state index in [4.69, 9.17) is 15.0 Å². The molecule has 0 aliphatic carbocycles. The predicted molar refractivity (Wildman–Crippen MR) is 257 cm³/mol. The van der Waals surface area contributed by atoms with Crippen LogP contribution in [0.2, 0.25) is 0 Å². The molecule has 62 heavy (non-hydrogen) atoms. The molecule has 5 heteroatoms. The van der Waals surface area contributed by atoms with Gasteiger partial charge in [-0.25, -0.2) is 15.0 Å². The zero-order valence-electron chi connectivity index (χ0n) is 33.4. The molecule has 0 atom stereocenters. The van der Waals surface area contributed by atoms with E-state index >= 15 is 0 Å². The van der Waals surface area contributed by atoms with E-state index in [2.05, 4.69) is 191 Å². The first-order chi connectivity index (χ1) is 30.8. The Morgan fingerprint density at radius 2 is 0.887 bits per heavy atom. The molecule has 0 radical (unpaired) electrons. The van der Waals surface area contributed by atoms with Crippen LogP contribution in [0, 0.1) is 0 Å². The van der Waals surface area contributed by atoms with Gasteiger partial charge in [0.15, 0.2) is 5.82 Å². The first-order valence-corrected chi connectivity index (χ1v) is 21.0. The van der Waals surface area contributed by atoms with E-state index in [1.165, 1.54) is 43.4 Å². The first-order valence-electron chi connectivity index (χ1n) is 21.0. The third-order valence-electron chi connectivity index (χ3n) is 12.6. The van der Waals surface area contributed by atoms with Gasteiger partial charge in [0.25, 0.3) is 0 Å². The minimum atomic E-state index is 0.698. The van der Waals surface area contributed by atoms with Gasteiger partial charge in [0, 0.05) is 32.7 Å². The molecule has 0 aliphatic rings. The van der Waals surface area contributed by atoms with Gasteiger partial charge in [-0.05, 0) is 74.8 Å². The van der Waals surface area contributed by atoms with E-state index in [-0.39, 0.29) is 0 Å². The van der Waals surface area contributed by atoms with Gasteiger partial charge in [0.05, 0.1) is 45.2 Å². The molecule has 0 saturated heterocycles. The third-order valence-corrected chi connectivity index (χ3v) is 12.6. The second-order valence-electron chi connectivity index (χ2n) is 16.0. The summed E-state index contributed by atoms with van der Waals surface area (Å²) in [7, 11) is 0. The number of fused-ring (bicyclic) bond motifs is 12. The van der Waals surface area contributed by atoms with Gasteiger partial charge < -0.3 is 4.57 Å². The van der Waals surface area contributed by atoms with E-state index < -0.39 is 0 Å². The van der Waals surface area contributed by atoms with E-state index in [0.717, 1.165) is 72.3 Å². The highest BCUT2D eigenvalue weighted by molar-refractivity contribution is 6.16. The molecule has 5 nitrogen and oxygen atoms in total. The van der Waals surface area contributed by atoms with Crippen molar-refractivity contribution in [3.05, 3.63) is 212 Å². The summed E-state index contributed by atoms with van der Waals surface area (Å²) >= 11 is 0. The average Bonchev–Trinajstić information content (AvgIpc) is 3.90. The van der Waals surface area contributed by atoms with Gasteiger partial charge >= 0.3 is 0 Å². The van der Waals surface area contributed by atoms with Crippen LogP contribution in [-0.4, -0.2) is 23.9 Å². The maximum Gasteiger partial charge on any atom is 0.159 e. The molecule has 288 valence electrons. The molecule has 13 rings (SSSR count). The van der Waals surface area contributed by atoms with Crippen LogP contribution in [0.4, 0.5) is 0 Å². The smallest absolute Gasteiger partial charge is 0.159 e. The molecule has 0 fully saturated rings. The summed E-state index contributed by atoms with van der Waals surface area (Å²) in [6.45, 7) is 0. The van der Waals surface area contributed by atoms with Crippen molar-refractivity contribution in [2.75, 3.05) is 0 Å². The van der Waals surface area contributed by atoms with Gasteiger partial charge in [0.1, 0.15) is 5.65 Å². The Labute approximate surface area is 356 Å². The largest absolute Gasteiger partial charge is 0.306 e. The van der Waals surface area contributed by atoms with E-state index in [1.807, 2.05) is 30.5 Å². The molecule has 9 aromatic carbocycles. The third kappa shape index (κ3) is 5.18. The van der Waals surface area contributed by atoms with Gasteiger partial charge in [-0.15, -0.1) is 0 Å². The Kier molecular flexibility index (Phi) is 7.54. The summed E-state index contributed by atoms with van der Waals surface area (Å²) in [6.07, 6.45) is 1.99. The fraction of sp³-hybridized carbons (Fsp3) is 0. The SMILES string of the molecule is c1ccc(-c2ncc(-n3c4ccccc4c4ccc(-c5ccc(-c6ccc7c8ccccc8n8c9ccccc9nc8c7c6)c6ccccc56)cc43)c(-c3ccccc3)n2)cc1. The maximum absolute atomic E-state index is 5.27. The molecule has 4 aromatic heterocycles. The number of aromatic nitrogens is 5. The van der Waals surface area contributed by atoms with E-state index in [1.54, 1.807) is 0 Å². The highest BCUT2D eigenvalue weighted by atomic mass is 15.0. The van der Waals surface area contributed by atoms with Crippen molar-refractivity contribution < 1.29 is 0 Å². The standard InChI is InChI=1S/C57H35N5/c1-3-15-36(16-4-1)55-54(35-58-56(60-55)37-17-5-2-6-18-37)61-50-24-12-10-22-46(50)47-30-28-39(34-53(47)61)41-32-31-40(42-19-7-8-20-43(41)42)38-27-29-44-45-21-9-13-25-51(45)62-52-26-14-11-23-49(52)59-57(62)48(44)33-38/h1-35H. The van der Waals surface area contributed by atoms with Crippen LogP contribution in [0.5, 0.6) is 0 Å². The zero-order valence-corrected chi connectivity index (χ0v) is 33.4. The maximum atomic E-state index is 5.27. The number of hydrogen-bond donors (Lipinski definition) is 0. The van der Waals surface area contributed by atoms with Crippen LogP contribution in [-0.2, 0) is 0 Å². The summed E-state index contributed by atoms with van der Waals surface area (Å²) in [5, 5.41) is 8.32. The molecule has 4 heterocycles. The second-order valence-corrected chi connectivity index (χ2v) is 16.0. The van der Waals surface area contributed by atoms with Crippen LogP contribution in [0.1, 0.15) is 0 Å². The number of para-hydroxylation sites is 4. The number of nitrogens with zero attached hydrogens (tertiary/aromatic N) is 5. The Morgan fingerprint density at radius 3 is 1.61 bits per heavy atom. The van der Waals surface area contributed by atoms with Crippen molar-refractivity contribution in [2.45, 2.75) is 0 Å². The Morgan fingerprint density at radius 1 is 0.339 bits per heavy atom. The molecular weight excluding hydrogens is 755 g/mol. The molecule has 0 spiro atoms. The summed E-state index contributed by atoms with van der Waals surface area (Å²) in [4.78, 5) is 15.5. The molecule has 0 aliphatic heterocycles. The topological polar surface area (TPSA) is 48.0 Å². The van der Waals surface area contributed by atoms with Gasteiger partial charge in [-0.1, -0.05) is 170 Å². The Bertz CT molecular complexity index is 3920. The molecule has 0 N–H and O–H groups in total. The van der Waals surface area contributed by atoms with Crippen molar-refractivity contribution in [1.29, 1.82) is 0 Å². The predicted octanol–water partition coefficient (Wildman–Crippen LogP) is 14.5. The van der Waals surface area contributed by atoms with Crippen molar-refractivity contribution in [3.63, 3.8) is 0 Å². The summed E-state index contributed by atoms with van der Waals surface area (Å²) in [5.74, 6) is 0.698. The van der Waals surface area contributed by atoms with Crippen molar-refractivity contribution in [2.24, 2.45) is 0 Å². The normalized spacial score (nSPS) is 11.9. The average molecular weight is 790 g/mol. The Balaban J connectivity index is 1.01. The van der Waals surface area contributed by atoms with Crippen molar-refractivity contribution in [3.8, 4) is 50.6 Å². The molecule has 0 saturated carbocycles. The number of imidazole rings is 1. The number of hydrogen-bond acceptors (Lipinski definition) is 3. The van der Waals surface area contributed by atoms with Gasteiger partial charge in [-0.3, -0.25) is 4.40 Å². The zero-order chi connectivity index (χ0) is 40.7. The lowest BCUT2D eigenvalue weighted by atomic mass is 9.91.